The summed E-state index contributed by atoms with van der Waals surface area (Å²) in [4.78, 5) is 3.88. The van der Waals surface area contributed by atoms with E-state index in [-0.39, 0.29) is 26.4 Å². The molecule has 0 amide bonds. The Morgan fingerprint density at radius 1 is 0.500 bits per heavy atom. The second-order valence-corrected chi connectivity index (χ2v) is 6.82. The van der Waals surface area contributed by atoms with Gasteiger partial charge in [0, 0.05) is 62.0 Å². The molecule has 0 aromatic heterocycles. The van der Waals surface area contributed by atoms with Crippen LogP contribution in [-0.4, -0.2) is 86.1 Å². The monoisotopic (exact) mass is 418 g/mol. The molecule has 0 fully saturated rings. The lowest BCUT2D eigenvalue weighted by Crippen LogP contribution is -2.29. The van der Waals surface area contributed by atoms with Crippen molar-refractivity contribution >= 4 is 22.7 Å². The first-order chi connectivity index (χ1) is 14.7. The second-order valence-electron chi connectivity index (χ2n) is 6.82. The van der Waals surface area contributed by atoms with Crippen molar-refractivity contribution in [1.29, 1.82) is 0 Å². The van der Waals surface area contributed by atoms with Crippen molar-refractivity contribution in [2.75, 3.05) is 86.1 Å². The molecule has 0 spiro atoms. The standard InChI is InChI=1S/C22H34N4O4/c27-15-11-25(12-16-28)21-5-1-19(2-6-21)23-9-10-24-20-3-7-22(8-4-20)26(13-17-29)14-18-30/h1-8,23-24,27-30H,9-18H2. The zero-order valence-electron chi connectivity index (χ0n) is 17.4. The van der Waals surface area contributed by atoms with E-state index in [1.165, 1.54) is 0 Å². The molecule has 2 rings (SSSR count). The molecule has 0 aliphatic rings. The largest absolute Gasteiger partial charge is 0.395 e. The summed E-state index contributed by atoms with van der Waals surface area (Å²) < 4.78 is 0. The van der Waals surface area contributed by atoms with Crippen LogP contribution in [0.5, 0.6) is 0 Å². The molecule has 2 aromatic rings. The highest BCUT2D eigenvalue weighted by Crippen LogP contribution is 2.19. The number of aliphatic hydroxyl groups excluding tert-OH is 4. The van der Waals surface area contributed by atoms with Crippen molar-refractivity contribution in [2.24, 2.45) is 0 Å². The third-order valence-electron chi connectivity index (χ3n) is 4.73. The van der Waals surface area contributed by atoms with Crippen LogP contribution in [0.1, 0.15) is 0 Å². The fraction of sp³-hybridized carbons (Fsp3) is 0.455. The highest BCUT2D eigenvalue weighted by molar-refractivity contribution is 5.56. The Morgan fingerprint density at radius 2 is 0.800 bits per heavy atom. The van der Waals surface area contributed by atoms with Gasteiger partial charge < -0.3 is 40.9 Å². The van der Waals surface area contributed by atoms with E-state index in [9.17, 15) is 0 Å². The minimum atomic E-state index is 0.0492. The smallest absolute Gasteiger partial charge is 0.0606 e. The maximum absolute atomic E-state index is 9.14. The molecule has 0 heterocycles. The molecule has 0 aliphatic carbocycles. The first kappa shape index (κ1) is 23.8. The number of rotatable bonds is 15. The number of benzene rings is 2. The average Bonchev–Trinajstić information content (AvgIpc) is 2.77. The molecule has 6 N–H and O–H groups in total. The van der Waals surface area contributed by atoms with Gasteiger partial charge in [-0.05, 0) is 48.5 Å². The molecule has 8 nitrogen and oxygen atoms in total. The van der Waals surface area contributed by atoms with E-state index in [0.717, 1.165) is 35.8 Å². The molecule has 30 heavy (non-hydrogen) atoms. The van der Waals surface area contributed by atoms with Crippen LogP contribution in [0, 0.1) is 0 Å². The fourth-order valence-corrected chi connectivity index (χ4v) is 3.22. The lowest BCUT2D eigenvalue weighted by Gasteiger charge is -2.23. The third-order valence-corrected chi connectivity index (χ3v) is 4.73. The van der Waals surface area contributed by atoms with Gasteiger partial charge in [-0.15, -0.1) is 0 Å². The van der Waals surface area contributed by atoms with Gasteiger partial charge in [-0.1, -0.05) is 0 Å². The molecule has 0 aliphatic heterocycles. The minimum Gasteiger partial charge on any atom is -0.395 e. The molecule has 0 radical (unpaired) electrons. The van der Waals surface area contributed by atoms with Gasteiger partial charge in [0.25, 0.3) is 0 Å². The highest BCUT2D eigenvalue weighted by atomic mass is 16.3. The van der Waals surface area contributed by atoms with Crippen LogP contribution in [0.3, 0.4) is 0 Å². The molecular formula is C22H34N4O4. The van der Waals surface area contributed by atoms with Gasteiger partial charge in [-0.25, -0.2) is 0 Å². The SMILES string of the molecule is OCCN(CCO)c1ccc(NCCNc2ccc(N(CCO)CCO)cc2)cc1. The predicted molar refractivity (Wildman–Crippen MR) is 123 cm³/mol. The Hall–Kier alpha value is -2.52. The van der Waals surface area contributed by atoms with E-state index in [2.05, 4.69) is 10.6 Å². The Morgan fingerprint density at radius 3 is 1.07 bits per heavy atom. The van der Waals surface area contributed by atoms with Gasteiger partial charge in [0.15, 0.2) is 0 Å². The average molecular weight is 419 g/mol. The summed E-state index contributed by atoms with van der Waals surface area (Å²) in [6.07, 6.45) is 0. The normalized spacial score (nSPS) is 10.7. The van der Waals surface area contributed by atoms with Crippen LogP contribution in [0.2, 0.25) is 0 Å². The quantitative estimate of drug-likeness (QED) is 0.236. The number of hydrogen-bond donors (Lipinski definition) is 6. The molecule has 2 aromatic carbocycles. The van der Waals surface area contributed by atoms with E-state index in [4.69, 9.17) is 20.4 Å². The van der Waals surface area contributed by atoms with Gasteiger partial charge in [-0.3, -0.25) is 0 Å². The van der Waals surface area contributed by atoms with Crippen molar-refractivity contribution in [3.8, 4) is 0 Å². The molecule has 0 bridgehead atoms. The molecule has 0 saturated carbocycles. The molecule has 0 atom stereocenters. The van der Waals surface area contributed by atoms with E-state index in [1.54, 1.807) is 0 Å². The van der Waals surface area contributed by atoms with Crippen molar-refractivity contribution in [3.05, 3.63) is 48.5 Å². The second kappa shape index (κ2) is 13.7. The lowest BCUT2D eigenvalue weighted by atomic mass is 10.2. The van der Waals surface area contributed by atoms with Crippen LogP contribution < -0.4 is 20.4 Å². The summed E-state index contributed by atoms with van der Waals surface area (Å²) >= 11 is 0. The fourth-order valence-electron chi connectivity index (χ4n) is 3.22. The van der Waals surface area contributed by atoms with Crippen molar-refractivity contribution in [1.82, 2.24) is 0 Å². The van der Waals surface area contributed by atoms with Gasteiger partial charge in [0.1, 0.15) is 0 Å². The Balaban J connectivity index is 1.78. The van der Waals surface area contributed by atoms with E-state index in [0.29, 0.717) is 26.2 Å². The van der Waals surface area contributed by atoms with Crippen LogP contribution in [0.4, 0.5) is 22.7 Å². The number of hydrogen-bond acceptors (Lipinski definition) is 8. The number of aliphatic hydroxyl groups is 4. The summed E-state index contributed by atoms with van der Waals surface area (Å²) in [5, 5.41) is 43.3. The van der Waals surface area contributed by atoms with Gasteiger partial charge in [-0.2, -0.15) is 0 Å². The highest BCUT2D eigenvalue weighted by Gasteiger charge is 2.06. The lowest BCUT2D eigenvalue weighted by molar-refractivity contribution is 0.280. The van der Waals surface area contributed by atoms with Crippen molar-refractivity contribution < 1.29 is 20.4 Å². The maximum atomic E-state index is 9.14. The van der Waals surface area contributed by atoms with Gasteiger partial charge in [0.05, 0.1) is 26.4 Å². The zero-order valence-corrected chi connectivity index (χ0v) is 17.4. The van der Waals surface area contributed by atoms with Crippen LogP contribution >= 0.6 is 0 Å². The zero-order chi connectivity index (χ0) is 21.6. The van der Waals surface area contributed by atoms with E-state index < -0.39 is 0 Å². The van der Waals surface area contributed by atoms with Gasteiger partial charge in [0.2, 0.25) is 0 Å². The van der Waals surface area contributed by atoms with Gasteiger partial charge >= 0.3 is 0 Å². The Kier molecular flexibility index (Phi) is 10.8. The van der Waals surface area contributed by atoms with Crippen molar-refractivity contribution in [3.63, 3.8) is 0 Å². The molecule has 0 saturated heterocycles. The van der Waals surface area contributed by atoms with E-state index >= 15 is 0 Å². The van der Waals surface area contributed by atoms with Crippen LogP contribution in [-0.2, 0) is 0 Å². The number of anilines is 4. The third kappa shape index (κ3) is 7.72. The summed E-state index contributed by atoms with van der Waals surface area (Å²) in [5.41, 5.74) is 3.96. The number of nitrogens with one attached hydrogen (secondary N) is 2. The summed E-state index contributed by atoms with van der Waals surface area (Å²) in [6, 6.07) is 15.9. The van der Waals surface area contributed by atoms with Crippen LogP contribution in [0.25, 0.3) is 0 Å². The Labute approximate surface area is 178 Å². The maximum Gasteiger partial charge on any atom is 0.0606 e. The summed E-state index contributed by atoms with van der Waals surface area (Å²) in [5.74, 6) is 0. The first-order valence-electron chi connectivity index (χ1n) is 10.3. The Bertz CT molecular complexity index is 624. The molecule has 8 heteroatoms. The first-order valence-corrected chi connectivity index (χ1v) is 10.3. The minimum absolute atomic E-state index is 0.0492. The molecule has 0 unspecified atom stereocenters. The van der Waals surface area contributed by atoms with Crippen LogP contribution in [0.15, 0.2) is 48.5 Å². The number of nitrogens with zero attached hydrogens (tertiary/aromatic N) is 2. The molecular weight excluding hydrogens is 384 g/mol. The van der Waals surface area contributed by atoms with E-state index in [1.807, 2.05) is 58.3 Å². The summed E-state index contributed by atoms with van der Waals surface area (Å²) in [7, 11) is 0. The predicted octanol–water partition coefficient (Wildman–Crippen LogP) is 0.793. The topological polar surface area (TPSA) is 111 Å². The van der Waals surface area contributed by atoms with Crippen molar-refractivity contribution in [2.45, 2.75) is 0 Å². The molecule has 166 valence electrons. The summed E-state index contributed by atoms with van der Waals surface area (Å²) in [6.45, 7) is 3.67.